The van der Waals surface area contributed by atoms with Crippen LogP contribution in [0.5, 0.6) is 0 Å². The van der Waals surface area contributed by atoms with Gasteiger partial charge in [0.15, 0.2) is 0 Å². The Balaban J connectivity index is 1.89. The third kappa shape index (κ3) is 2.55. The highest BCUT2D eigenvalue weighted by atomic mass is 16.4. The normalized spacial score (nSPS) is 21.1. The summed E-state index contributed by atoms with van der Waals surface area (Å²) in [6.45, 7) is 0. The first-order valence-electron chi connectivity index (χ1n) is 7.10. The number of nitrogens with zero attached hydrogens (tertiary/aromatic N) is 1. The Morgan fingerprint density at radius 1 is 1.19 bits per heavy atom. The van der Waals surface area contributed by atoms with E-state index in [2.05, 4.69) is 11.4 Å². The lowest BCUT2D eigenvalue weighted by Crippen LogP contribution is -2.18. The average Bonchev–Trinajstić information content (AvgIpc) is 2.96. The first-order chi connectivity index (χ1) is 10.2. The van der Waals surface area contributed by atoms with Gasteiger partial charge in [0.05, 0.1) is 17.6 Å². The van der Waals surface area contributed by atoms with Crippen LogP contribution in [0.2, 0.25) is 0 Å². The second-order valence-electron chi connectivity index (χ2n) is 5.51. The maximum atomic E-state index is 11.0. The van der Waals surface area contributed by atoms with Crippen molar-refractivity contribution in [2.75, 3.05) is 5.32 Å². The molecular weight excluding hydrogens is 264 g/mol. The number of benzene rings is 2. The summed E-state index contributed by atoms with van der Waals surface area (Å²) < 4.78 is 0. The van der Waals surface area contributed by atoms with E-state index in [1.165, 1.54) is 0 Å². The number of carbonyl (C=O) groups is 1. The molecule has 0 aromatic heterocycles. The molecule has 2 atom stereocenters. The number of nitrogens with one attached hydrogen (secondary N) is 1. The van der Waals surface area contributed by atoms with E-state index in [0.717, 1.165) is 29.3 Å². The van der Waals surface area contributed by atoms with Crippen LogP contribution in [0.1, 0.15) is 24.8 Å². The molecule has 106 valence electrons. The van der Waals surface area contributed by atoms with Crippen molar-refractivity contribution in [1.29, 1.82) is 5.26 Å². The molecule has 0 unspecified atom stereocenters. The molecule has 2 aromatic rings. The van der Waals surface area contributed by atoms with Crippen LogP contribution >= 0.6 is 0 Å². The topological polar surface area (TPSA) is 73.1 Å². The van der Waals surface area contributed by atoms with Gasteiger partial charge in [-0.1, -0.05) is 24.3 Å². The van der Waals surface area contributed by atoms with Gasteiger partial charge in [-0.05, 0) is 31.4 Å². The number of carboxylic acid groups (broad SMARTS) is 1. The molecule has 0 heterocycles. The Morgan fingerprint density at radius 3 is 2.62 bits per heavy atom. The number of hydrogen-bond acceptors (Lipinski definition) is 3. The third-order valence-corrected chi connectivity index (χ3v) is 4.19. The quantitative estimate of drug-likeness (QED) is 0.904. The summed E-state index contributed by atoms with van der Waals surface area (Å²) in [6, 6.07) is 13.9. The van der Waals surface area contributed by atoms with Gasteiger partial charge in [-0.25, -0.2) is 0 Å². The van der Waals surface area contributed by atoms with Crippen LogP contribution in [-0.4, -0.2) is 17.1 Å². The molecule has 2 N–H and O–H groups in total. The maximum Gasteiger partial charge on any atom is 0.306 e. The van der Waals surface area contributed by atoms with Gasteiger partial charge in [-0.15, -0.1) is 0 Å². The molecule has 1 saturated carbocycles. The maximum absolute atomic E-state index is 11.0. The summed E-state index contributed by atoms with van der Waals surface area (Å²) in [6.07, 6.45) is 2.25. The highest BCUT2D eigenvalue weighted by Gasteiger charge is 2.29. The Hall–Kier alpha value is -2.54. The number of nitriles is 1. The van der Waals surface area contributed by atoms with Gasteiger partial charge in [0.1, 0.15) is 0 Å². The SMILES string of the molecule is N#Cc1ccc(N[C@H]2CC[C@@H](C(=O)O)C2)c2ccccc12. The van der Waals surface area contributed by atoms with Crippen LogP contribution < -0.4 is 5.32 Å². The Bertz CT molecular complexity index is 733. The molecule has 0 radical (unpaired) electrons. The molecule has 0 aliphatic heterocycles. The zero-order valence-electron chi connectivity index (χ0n) is 11.5. The molecule has 2 aromatic carbocycles. The molecule has 0 bridgehead atoms. The van der Waals surface area contributed by atoms with Gasteiger partial charge in [-0.3, -0.25) is 4.79 Å². The van der Waals surface area contributed by atoms with Gasteiger partial charge >= 0.3 is 5.97 Å². The average molecular weight is 280 g/mol. The summed E-state index contributed by atoms with van der Waals surface area (Å²) in [5.41, 5.74) is 1.63. The highest BCUT2D eigenvalue weighted by molar-refractivity contribution is 5.97. The van der Waals surface area contributed by atoms with Crippen molar-refractivity contribution in [3.63, 3.8) is 0 Å². The van der Waals surface area contributed by atoms with Crippen LogP contribution in [0, 0.1) is 17.2 Å². The number of carboxylic acids is 1. The fraction of sp³-hybridized carbons (Fsp3) is 0.294. The fourth-order valence-electron chi connectivity index (χ4n) is 3.08. The molecule has 21 heavy (non-hydrogen) atoms. The second-order valence-corrected chi connectivity index (χ2v) is 5.51. The highest BCUT2D eigenvalue weighted by Crippen LogP contribution is 2.32. The second kappa shape index (κ2) is 5.45. The van der Waals surface area contributed by atoms with Gasteiger partial charge in [0, 0.05) is 22.5 Å². The van der Waals surface area contributed by atoms with Crippen molar-refractivity contribution in [3.05, 3.63) is 42.0 Å². The van der Waals surface area contributed by atoms with Crippen LogP contribution in [0.3, 0.4) is 0 Å². The zero-order valence-corrected chi connectivity index (χ0v) is 11.5. The summed E-state index contributed by atoms with van der Waals surface area (Å²) >= 11 is 0. The number of fused-ring (bicyclic) bond motifs is 1. The standard InChI is InChI=1S/C17H16N2O2/c18-10-12-6-8-16(15-4-2-1-3-14(12)15)19-13-7-5-11(9-13)17(20)21/h1-4,6,8,11,13,19H,5,7,9H2,(H,20,21)/t11-,13+/m1/s1. The van der Waals surface area contributed by atoms with Crippen molar-refractivity contribution >= 4 is 22.4 Å². The van der Waals surface area contributed by atoms with Gasteiger partial charge in [0.2, 0.25) is 0 Å². The van der Waals surface area contributed by atoms with Crippen molar-refractivity contribution in [3.8, 4) is 6.07 Å². The summed E-state index contributed by atoms with van der Waals surface area (Å²) in [5, 5.41) is 23.6. The molecular formula is C17H16N2O2. The van der Waals surface area contributed by atoms with Crippen LogP contribution in [0.4, 0.5) is 5.69 Å². The van der Waals surface area contributed by atoms with Crippen LogP contribution in [0.15, 0.2) is 36.4 Å². The summed E-state index contributed by atoms with van der Waals surface area (Å²) in [5.74, 6) is -0.948. The van der Waals surface area contributed by atoms with Crippen LogP contribution in [0.25, 0.3) is 10.8 Å². The first-order valence-corrected chi connectivity index (χ1v) is 7.10. The molecule has 1 aliphatic rings. The predicted molar refractivity (Wildman–Crippen MR) is 81.1 cm³/mol. The van der Waals surface area contributed by atoms with Crippen molar-refractivity contribution in [2.45, 2.75) is 25.3 Å². The Kier molecular flexibility index (Phi) is 3.49. The fourth-order valence-corrected chi connectivity index (χ4v) is 3.08. The largest absolute Gasteiger partial charge is 0.481 e. The molecule has 1 aliphatic carbocycles. The van der Waals surface area contributed by atoms with Gasteiger partial charge < -0.3 is 10.4 Å². The van der Waals surface area contributed by atoms with E-state index >= 15 is 0 Å². The summed E-state index contributed by atoms with van der Waals surface area (Å²) in [7, 11) is 0. The van der Waals surface area contributed by atoms with Crippen molar-refractivity contribution in [1.82, 2.24) is 0 Å². The number of hydrogen-bond donors (Lipinski definition) is 2. The van der Waals surface area contributed by atoms with E-state index < -0.39 is 5.97 Å². The van der Waals surface area contributed by atoms with Crippen molar-refractivity contribution < 1.29 is 9.90 Å². The minimum Gasteiger partial charge on any atom is -0.481 e. The number of rotatable bonds is 3. The first kappa shape index (κ1) is 13.4. The van der Waals surface area contributed by atoms with E-state index in [1.807, 2.05) is 36.4 Å². The van der Waals surface area contributed by atoms with Gasteiger partial charge in [0.25, 0.3) is 0 Å². The monoisotopic (exact) mass is 280 g/mol. The lowest BCUT2D eigenvalue weighted by atomic mass is 10.0. The van der Waals surface area contributed by atoms with E-state index in [9.17, 15) is 10.1 Å². The Labute approximate surface area is 123 Å². The lowest BCUT2D eigenvalue weighted by molar-refractivity contribution is -0.141. The molecule has 4 nitrogen and oxygen atoms in total. The molecule has 0 amide bonds. The van der Waals surface area contributed by atoms with Crippen molar-refractivity contribution in [2.24, 2.45) is 5.92 Å². The lowest BCUT2D eigenvalue weighted by Gasteiger charge is -2.16. The minimum absolute atomic E-state index is 0.183. The van der Waals surface area contributed by atoms with Crippen LogP contribution in [-0.2, 0) is 4.79 Å². The smallest absolute Gasteiger partial charge is 0.306 e. The van der Waals surface area contributed by atoms with E-state index in [-0.39, 0.29) is 12.0 Å². The van der Waals surface area contributed by atoms with Gasteiger partial charge in [-0.2, -0.15) is 5.26 Å². The molecule has 1 fully saturated rings. The summed E-state index contributed by atoms with van der Waals surface area (Å²) in [4.78, 5) is 11.0. The zero-order chi connectivity index (χ0) is 14.8. The third-order valence-electron chi connectivity index (χ3n) is 4.19. The number of aliphatic carboxylic acids is 1. The van der Waals surface area contributed by atoms with E-state index in [0.29, 0.717) is 12.0 Å². The molecule has 3 rings (SSSR count). The number of anilines is 1. The molecule has 4 heteroatoms. The molecule has 0 spiro atoms. The Morgan fingerprint density at radius 2 is 1.95 bits per heavy atom. The van der Waals surface area contributed by atoms with E-state index in [1.54, 1.807) is 0 Å². The molecule has 0 saturated heterocycles. The van der Waals surface area contributed by atoms with E-state index in [4.69, 9.17) is 5.11 Å². The minimum atomic E-state index is -0.705. The predicted octanol–water partition coefficient (Wildman–Crippen LogP) is 3.38.